The molecule has 2 aromatic carbocycles. The summed E-state index contributed by atoms with van der Waals surface area (Å²) in [6.07, 6.45) is 3.19. The molecule has 0 aromatic heterocycles. The van der Waals surface area contributed by atoms with Gasteiger partial charge in [0.1, 0.15) is 0 Å². The van der Waals surface area contributed by atoms with Crippen LogP contribution in [0.1, 0.15) is 37.3 Å². The van der Waals surface area contributed by atoms with E-state index in [-0.39, 0.29) is 5.97 Å². The molecule has 1 radical (unpaired) electrons. The number of carbonyl (C=O) groups excluding carboxylic acids is 1. The van der Waals surface area contributed by atoms with Crippen molar-refractivity contribution in [2.45, 2.75) is 43.5 Å². The third-order valence-corrected chi connectivity index (χ3v) is 5.66. The van der Waals surface area contributed by atoms with Crippen LogP contribution in [0.4, 0.5) is 0 Å². The molecule has 0 heterocycles. The van der Waals surface area contributed by atoms with Gasteiger partial charge >= 0.3 is 157 Å². The van der Waals surface area contributed by atoms with E-state index in [2.05, 4.69) is 55.1 Å². The van der Waals surface area contributed by atoms with Crippen LogP contribution < -0.4 is 4.74 Å². The Kier molecular flexibility index (Phi) is 8.77. The summed E-state index contributed by atoms with van der Waals surface area (Å²) in [5.74, 6) is 0.723. The molecule has 0 fully saturated rings. The molecule has 26 heavy (non-hydrogen) atoms. The van der Waals surface area contributed by atoms with Crippen LogP contribution in [0.2, 0.25) is 5.71 Å². The molecule has 4 heteroatoms. The van der Waals surface area contributed by atoms with Crippen LogP contribution in [-0.2, 0) is 21.2 Å². The van der Waals surface area contributed by atoms with Crippen molar-refractivity contribution >= 4 is 21.7 Å². The molecule has 2 rings (SSSR count). The van der Waals surface area contributed by atoms with Gasteiger partial charge in [0.05, 0.1) is 7.11 Å². The van der Waals surface area contributed by atoms with Crippen LogP contribution >= 0.6 is 0 Å². The molecular formula is C22H28AsO3. The Morgan fingerprint density at radius 2 is 1.96 bits per heavy atom. The first-order chi connectivity index (χ1) is 12.7. The van der Waals surface area contributed by atoms with E-state index in [4.69, 9.17) is 9.47 Å². The fraction of sp³-hybridized carbons (Fsp3) is 0.409. The van der Waals surface area contributed by atoms with Gasteiger partial charge in [-0.25, -0.2) is 0 Å². The Labute approximate surface area is 163 Å². The fourth-order valence-corrected chi connectivity index (χ4v) is 3.95. The van der Waals surface area contributed by atoms with Crippen LogP contribution in [0.25, 0.3) is 11.1 Å². The van der Waals surface area contributed by atoms with Gasteiger partial charge in [0, 0.05) is 0 Å². The normalized spacial score (nSPS) is 11.0. The molecule has 0 saturated carbocycles. The number of rotatable bonds is 10. The number of methoxy groups -OCH3 is 1. The molecular weight excluding hydrogens is 387 g/mol. The Hall–Kier alpha value is -1.73. The second-order valence-corrected chi connectivity index (χ2v) is 8.27. The zero-order valence-electron chi connectivity index (χ0n) is 16.0. The summed E-state index contributed by atoms with van der Waals surface area (Å²) in [6, 6.07) is 15.0. The van der Waals surface area contributed by atoms with Crippen LogP contribution in [-0.4, -0.2) is 35.4 Å². The van der Waals surface area contributed by atoms with Gasteiger partial charge in [-0.1, -0.05) is 0 Å². The molecule has 139 valence electrons. The molecule has 0 spiro atoms. The second-order valence-electron chi connectivity index (χ2n) is 6.28. The van der Waals surface area contributed by atoms with Crippen LogP contribution in [0.15, 0.2) is 42.5 Å². The zero-order chi connectivity index (χ0) is 18.8. The first kappa shape index (κ1) is 20.6. The Balaban J connectivity index is 2.28. The fourth-order valence-electron chi connectivity index (χ4n) is 2.77. The summed E-state index contributed by atoms with van der Waals surface area (Å²) >= 11 is 0.365. The van der Waals surface area contributed by atoms with E-state index < -0.39 is 0 Å². The second kappa shape index (κ2) is 11.1. The summed E-state index contributed by atoms with van der Waals surface area (Å²) < 4.78 is 10.8. The quantitative estimate of drug-likeness (QED) is 0.315. The average Bonchev–Trinajstić information content (AvgIpc) is 2.67. The number of esters is 1. The predicted octanol–water partition coefficient (Wildman–Crippen LogP) is 4.89. The molecule has 0 aliphatic heterocycles. The average molecular weight is 415 g/mol. The Morgan fingerprint density at radius 3 is 2.69 bits per heavy atom. The van der Waals surface area contributed by atoms with E-state index >= 15 is 0 Å². The molecule has 0 bridgehead atoms. The van der Waals surface area contributed by atoms with Crippen molar-refractivity contribution in [2.75, 3.05) is 13.7 Å². The van der Waals surface area contributed by atoms with Gasteiger partial charge in [0.2, 0.25) is 0 Å². The van der Waals surface area contributed by atoms with E-state index in [1.807, 2.05) is 0 Å². The van der Waals surface area contributed by atoms with Crippen LogP contribution in [0.5, 0.6) is 5.75 Å². The van der Waals surface area contributed by atoms with Crippen molar-refractivity contribution in [1.82, 2.24) is 0 Å². The molecule has 0 N–H and O–H groups in total. The summed E-state index contributed by atoms with van der Waals surface area (Å²) in [7, 11) is 1.43. The van der Waals surface area contributed by atoms with Gasteiger partial charge in [-0.3, -0.25) is 0 Å². The molecule has 0 aliphatic carbocycles. The number of unbranched alkanes of at least 4 members (excludes halogenated alkanes) is 1. The summed E-state index contributed by atoms with van der Waals surface area (Å²) in [5.41, 5.74) is 7.10. The van der Waals surface area contributed by atoms with E-state index in [1.54, 1.807) is 0 Å². The van der Waals surface area contributed by atoms with Gasteiger partial charge in [-0.2, -0.15) is 0 Å². The van der Waals surface area contributed by atoms with Crippen molar-refractivity contribution in [2.24, 2.45) is 0 Å². The maximum absolute atomic E-state index is 11.4. The number of carbonyl (C=O) groups is 1. The van der Waals surface area contributed by atoms with Crippen molar-refractivity contribution in [3.63, 3.8) is 0 Å². The minimum atomic E-state index is -0.183. The molecule has 0 amide bonds. The van der Waals surface area contributed by atoms with Crippen molar-refractivity contribution < 1.29 is 14.3 Å². The van der Waals surface area contributed by atoms with E-state index in [1.165, 1.54) is 23.4 Å². The Bertz CT molecular complexity index is 712. The summed E-state index contributed by atoms with van der Waals surface area (Å²) in [6.45, 7) is 2.87. The maximum atomic E-state index is 11.4. The number of hydrogen-bond acceptors (Lipinski definition) is 3. The topological polar surface area (TPSA) is 35.5 Å². The van der Waals surface area contributed by atoms with E-state index in [0.717, 1.165) is 29.7 Å². The third kappa shape index (κ3) is 6.21. The van der Waals surface area contributed by atoms with Crippen molar-refractivity contribution in [1.29, 1.82) is 0 Å². The van der Waals surface area contributed by atoms with Gasteiger partial charge in [-0.15, -0.1) is 0 Å². The molecule has 0 atom stereocenters. The molecule has 0 saturated heterocycles. The number of ether oxygens (including phenoxy) is 2. The van der Waals surface area contributed by atoms with E-state index in [9.17, 15) is 4.79 Å². The van der Waals surface area contributed by atoms with Gasteiger partial charge in [0.25, 0.3) is 0 Å². The SMILES string of the molecule is CCCCOc1cc(CCC(=O)OC)ccc1-c1cccc(C[As]C)c1. The molecule has 0 unspecified atom stereocenters. The number of benzene rings is 2. The van der Waals surface area contributed by atoms with Crippen LogP contribution in [0, 0.1) is 0 Å². The third-order valence-electron chi connectivity index (χ3n) is 4.23. The molecule has 3 nitrogen and oxygen atoms in total. The first-order valence-corrected chi connectivity index (χ1v) is 12.4. The van der Waals surface area contributed by atoms with Crippen molar-refractivity contribution in [3.8, 4) is 16.9 Å². The minimum absolute atomic E-state index is 0.183. The monoisotopic (exact) mass is 415 g/mol. The molecule has 2 aromatic rings. The zero-order valence-corrected chi connectivity index (χ0v) is 17.8. The van der Waals surface area contributed by atoms with Crippen molar-refractivity contribution in [3.05, 3.63) is 53.6 Å². The van der Waals surface area contributed by atoms with E-state index in [0.29, 0.717) is 35.2 Å². The standard InChI is InChI=1S/C22H28AsO3/c1-4-5-13-26-21-15-17(10-12-22(24)25-3)9-11-20(21)19-8-6-7-18(14-19)16-23-2/h6-9,11,14-15H,4-5,10,12-13,16H2,1-3H3. The predicted molar refractivity (Wildman–Crippen MR) is 108 cm³/mol. The number of hydrogen-bond donors (Lipinski definition) is 0. The van der Waals surface area contributed by atoms with Crippen LogP contribution in [0.3, 0.4) is 0 Å². The molecule has 0 aliphatic rings. The first-order valence-electron chi connectivity index (χ1n) is 9.15. The van der Waals surface area contributed by atoms with Gasteiger partial charge in [-0.05, 0) is 0 Å². The Morgan fingerprint density at radius 1 is 1.12 bits per heavy atom. The van der Waals surface area contributed by atoms with Gasteiger partial charge in [0.15, 0.2) is 0 Å². The summed E-state index contributed by atoms with van der Waals surface area (Å²) in [4.78, 5) is 11.4. The summed E-state index contributed by atoms with van der Waals surface area (Å²) in [5, 5.41) is 1.17. The number of aryl methyl sites for hydroxylation is 1. The van der Waals surface area contributed by atoms with Gasteiger partial charge < -0.3 is 0 Å².